The van der Waals surface area contributed by atoms with E-state index in [9.17, 15) is 9.59 Å². The van der Waals surface area contributed by atoms with Gasteiger partial charge >= 0.3 is 0 Å². The fourth-order valence-electron chi connectivity index (χ4n) is 3.53. The Balaban J connectivity index is 1.46. The second-order valence-electron chi connectivity index (χ2n) is 6.84. The van der Waals surface area contributed by atoms with E-state index in [1.807, 2.05) is 35.7 Å². The number of anilines is 1. The van der Waals surface area contributed by atoms with Gasteiger partial charge in [0.15, 0.2) is 5.13 Å². The van der Waals surface area contributed by atoms with E-state index in [2.05, 4.69) is 34.6 Å². The lowest BCUT2D eigenvalue weighted by Crippen LogP contribution is -2.42. The standard InChI is InChI=1S/C22H21N3O2S/c1-15(26)25-13-5-8-20(25)21(27)24-22-23-19(14-28-22)18-11-9-17(10-12-18)16-6-3-2-4-7-16/h2-4,6-7,9-12,14,20H,5,8,13H2,1H3,(H,23,24,27)/t20-/m1/s1. The number of carbonyl (C=O) groups is 2. The zero-order chi connectivity index (χ0) is 19.5. The molecule has 1 aromatic heterocycles. The quantitative estimate of drug-likeness (QED) is 0.716. The van der Waals surface area contributed by atoms with Crippen molar-refractivity contribution >= 4 is 28.3 Å². The van der Waals surface area contributed by atoms with Gasteiger partial charge in [0.05, 0.1) is 5.69 Å². The molecule has 2 heterocycles. The summed E-state index contributed by atoms with van der Waals surface area (Å²) in [6, 6.07) is 18.1. The molecule has 1 atom stereocenters. The Morgan fingerprint density at radius 3 is 2.43 bits per heavy atom. The van der Waals surface area contributed by atoms with Crippen molar-refractivity contribution in [3.8, 4) is 22.4 Å². The molecular weight excluding hydrogens is 370 g/mol. The first-order valence-corrected chi connectivity index (χ1v) is 10.2. The number of nitrogens with zero attached hydrogens (tertiary/aromatic N) is 2. The number of amides is 2. The van der Waals surface area contributed by atoms with Crippen molar-refractivity contribution in [3.63, 3.8) is 0 Å². The number of rotatable bonds is 4. The maximum atomic E-state index is 12.5. The van der Waals surface area contributed by atoms with Crippen LogP contribution in [0.15, 0.2) is 60.0 Å². The molecule has 1 aliphatic heterocycles. The molecule has 1 N–H and O–H groups in total. The van der Waals surface area contributed by atoms with Crippen molar-refractivity contribution in [1.82, 2.24) is 9.88 Å². The van der Waals surface area contributed by atoms with Gasteiger partial charge in [-0.2, -0.15) is 0 Å². The van der Waals surface area contributed by atoms with Gasteiger partial charge in [0.25, 0.3) is 0 Å². The average molecular weight is 391 g/mol. The topological polar surface area (TPSA) is 62.3 Å². The molecule has 0 radical (unpaired) electrons. The Bertz CT molecular complexity index is 983. The van der Waals surface area contributed by atoms with Gasteiger partial charge in [0.1, 0.15) is 6.04 Å². The Morgan fingerprint density at radius 1 is 1.04 bits per heavy atom. The molecule has 1 saturated heterocycles. The molecule has 5 nitrogen and oxygen atoms in total. The van der Waals surface area contributed by atoms with Crippen LogP contribution in [0.4, 0.5) is 5.13 Å². The summed E-state index contributed by atoms with van der Waals surface area (Å²) in [7, 11) is 0. The fraction of sp³-hybridized carbons (Fsp3) is 0.227. The SMILES string of the molecule is CC(=O)N1CCC[C@@H]1C(=O)Nc1nc(-c2ccc(-c3ccccc3)cc2)cs1. The molecule has 1 aliphatic rings. The number of benzene rings is 2. The van der Waals surface area contributed by atoms with Crippen LogP contribution in [0.2, 0.25) is 0 Å². The van der Waals surface area contributed by atoms with Crippen LogP contribution >= 0.6 is 11.3 Å². The van der Waals surface area contributed by atoms with Crippen LogP contribution in [-0.2, 0) is 9.59 Å². The summed E-state index contributed by atoms with van der Waals surface area (Å²) in [5, 5.41) is 5.36. The Labute approximate surface area is 168 Å². The van der Waals surface area contributed by atoms with E-state index < -0.39 is 6.04 Å². The van der Waals surface area contributed by atoms with Crippen LogP contribution < -0.4 is 5.32 Å². The van der Waals surface area contributed by atoms with Gasteiger partial charge in [-0.15, -0.1) is 11.3 Å². The normalized spacial score (nSPS) is 16.2. The van der Waals surface area contributed by atoms with Crippen LogP contribution in [-0.4, -0.2) is 34.3 Å². The predicted octanol–water partition coefficient (Wildman–Crippen LogP) is 4.43. The first-order chi connectivity index (χ1) is 13.6. The minimum Gasteiger partial charge on any atom is -0.331 e. The Hall–Kier alpha value is -2.99. The lowest BCUT2D eigenvalue weighted by Gasteiger charge is -2.21. The van der Waals surface area contributed by atoms with Gasteiger partial charge in [0, 0.05) is 24.4 Å². The highest BCUT2D eigenvalue weighted by molar-refractivity contribution is 7.14. The van der Waals surface area contributed by atoms with Crippen LogP contribution in [0, 0.1) is 0 Å². The minimum absolute atomic E-state index is 0.0593. The van der Waals surface area contributed by atoms with E-state index in [4.69, 9.17) is 0 Å². The minimum atomic E-state index is -0.394. The third-order valence-electron chi connectivity index (χ3n) is 4.98. The summed E-state index contributed by atoms with van der Waals surface area (Å²) in [5.41, 5.74) is 4.16. The smallest absolute Gasteiger partial charge is 0.248 e. The second-order valence-corrected chi connectivity index (χ2v) is 7.70. The molecule has 1 fully saturated rings. The molecule has 0 saturated carbocycles. The second kappa shape index (κ2) is 7.94. The van der Waals surface area contributed by atoms with Crippen LogP contribution in [0.1, 0.15) is 19.8 Å². The largest absolute Gasteiger partial charge is 0.331 e. The summed E-state index contributed by atoms with van der Waals surface area (Å²) in [5.74, 6) is -0.219. The van der Waals surface area contributed by atoms with Gasteiger partial charge in [0.2, 0.25) is 11.8 Å². The summed E-state index contributed by atoms with van der Waals surface area (Å²) < 4.78 is 0. The van der Waals surface area contributed by atoms with Crippen molar-refractivity contribution < 1.29 is 9.59 Å². The number of likely N-dealkylation sites (tertiary alicyclic amines) is 1. The van der Waals surface area contributed by atoms with E-state index in [-0.39, 0.29) is 11.8 Å². The average Bonchev–Trinajstić information content (AvgIpc) is 3.38. The summed E-state index contributed by atoms with van der Waals surface area (Å²) in [6.07, 6.45) is 1.55. The van der Waals surface area contributed by atoms with Crippen LogP contribution in [0.3, 0.4) is 0 Å². The number of thiazole rings is 1. The van der Waals surface area contributed by atoms with Crippen molar-refractivity contribution in [2.75, 3.05) is 11.9 Å². The van der Waals surface area contributed by atoms with E-state index in [0.717, 1.165) is 23.2 Å². The van der Waals surface area contributed by atoms with E-state index in [0.29, 0.717) is 18.1 Å². The first-order valence-electron chi connectivity index (χ1n) is 9.31. The van der Waals surface area contributed by atoms with Crippen molar-refractivity contribution in [1.29, 1.82) is 0 Å². The maximum absolute atomic E-state index is 12.5. The van der Waals surface area contributed by atoms with Crippen molar-refractivity contribution in [2.24, 2.45) is 0 Å². The Morgan fingerprint density at radius 2 is 1.71 bits per heavy atom. The number of carbonyl (C=O) groups excluding carboxylic acids is 2. The number of hydrogen-bond acceptors (Lipinski definition) is 4. The molecule has 4 rings (SSSR count). The molecule has 2 aromatic carbocycles. The highest BCUT2D eigenvalue weighted by Gasteiger charge is 2.32. The maximum Gasteiger partial charge on any atom is 0.248 e. The number of hydrogen-bond donors (Lipinski definition) is 1. The highest BCUT2D eigenvalue weighted by atomic mass is 32.1. The lowest BCUT2D eigenvalue weighted by atomic mass is 10.0. The van der Waals surface area contributed by atoms with Gasteiger partial charge in [-0.1, -0.05) is 54.6 Å². The highest BCUT2D eigenvalue weighted by Crippen LogP contribution is 2.28. The fourth-order valence-corrected chi connectivity index (χ4v) is 4.26. The van der Waals surface area contributed by atoms with E-state index in [1.165, 1.54) is 23.8 Å². The van der Waals surface area contributed by atoms with Crippen molar-refractivity contribution in [3.05, 3.63) is 60.0 Å². The van der Waals surface area contributed by atoms with E-state index in [1.54, 1.807) is 4.90 Å². The molecule has 28 heavy (non-hydrogen) atoms. The lowest BCUT2D eigenvalue weighted by molar-refractivity contribution is -0.134. The molecular formula is C22H21N3O2S. The molecule has 142 valence electrons. The van der Waals surface area contributed by atoms with E-state index >= 15 is 0 Å². The summed E-state index contributed by atoms with van der Waals surface area (Å²) in [4.78, 5) is 30.4. The van der Waals surface area contributed by atoms with Gasteiger partial charge < -0.3 is 10.2 Å². The molecule has 6 heteroatoms. The Kier molecular flexibility index (Phi) is 5.21. The molecule has 0 aliphatic carbocycles. The molecule has 0 bridgehead atoms. The predicted molar refractivity (Wildman–Crippen MR) is 112 cm³/mol. The summed E-state index contributed by atoms with van der Waals surface area (Å²) >= 11 is 1.40. The van der Waals surface area contributed by atoms with Gasteiger partial charge in [-0.25, -0.2) is 4.98 Å². The van der Waals surface area contributed by atoms with Crippen molar-refractivity contribution in [2.45, 2.75) is 25.8 Å². The molecule has 3 aromatic rings. The monoisotopic (exact) mass is 391 g/mol. The summed E-state index contributed by atoms with van der Waals surface area (Å²) in [6.45, 7) is 2.15. The third-order valence-corrected chi connectivity index (χ3v) is 5.74. The number of nitrogens with one attached hydrogen (secondary N) is 1. The zero-order valence-corrected chi connectivity index (χ0v) is 16.4. The number of aromatic nitrogens is 1. The molecule has 0 unspecified atom stereocenters. The van der Waals surface area contributed by atoms with Gasteiger partial charge in [-0.05, 0) is 24.0 Å². The molecule has 0 spiro atoms. The zero-order valence-electron chi connectivity index (χ0n) is 15.6. The first kappa shape index (κ1) is 18.4. The van der Waals surface area contributed by atoms with Crippen LogP contribution in [0.5, 0.6) is 0 Å². The third kappa shape index (κ3) is 3.82. The molecule has 2 amide bonds. The van der Waals surface area contributed by atoms with Crippen LogP contribution in [0.25, 0.3) is 22.4 Å². The van der Waals surface area contributed by atoms with Gasteiger partial charge in [-0.3, -0.25) is 9.59 Å².